The number of benzene rings is 1. The van der Waals surface area contributed by atoms with Crippen molar-refractivity contribution in [3.63, 3.8) is 0 Å². The molecule has 39 heavy (non-hydrogen) atoms. The van der Waals surface area contributed by atoms with Crippen LogP contribution in [0.1, 0.15) is 44.4 Å². The van der Waals surface area contributed by atoms with E-state index in [1.807, 2.05) is 4.90 Å². The van der Waals surface area contributed by atoms with Crippen LogP contribution in [0.2, 0.25) is 0 Å². The van der Waals surface area contributed by atoms with E-state index in [1.165, 1.54) is 4.57 Å². The highest BCUT2D eigenvalue weighted by atomic mass is 19.3. The van der Waals surface area contributed by atoms with Crippen LogP contribution in [0.15, 0.2) is 30.3 Å². The molecule has 1 saturated carbocycles. The van der Waals surface area contributed by atoms with Gasteiger partial charge in [-0.2, -0.15) is 9.97 Å². The minimum absolute atomic E-state index is 0.00625. The van der Waals surface area contributed by atoms with Crippen LogP contribution in [0.3, 0.4) is 0 Å². The van der Waals surface area contributed by atoms with Crippen LogP contribution in [-0.2, 0) is 14.3 Å². The topological polar surface area (TPSA) is 104 Å². The fourth-order valence-electron chi connectivity index (χ4n) is 5.54. The summed E-state index contributed by atoms with van der Waals surface area (Å²) >= 11 is 0. The molecule has 2 atom stereocenters. The zero-order valence-corrected chi connectivity index (χ0v) is 21.6. The standard InChI is InChI=1S/C27H32F2N6O4/c28-24(29)25-31-20-3-1-2-4-21(20)35(25)22-16-23(33-27(32-22)34-9-13-38-14-10-34)39-19-6-5-18(15-19)30-26(36)17-7-11-37-12-8-17/h1-4,16-19,24H,5-15H2,(H,30,36)/t18-,19-/m0/s1. The summed E-state index contributed by atoms with van der Waals surface area (Å²) in [6.07, 6.45) is 0.735. The quantitative estimate of drug-likeness (QED) is 0.485. The maximum absolute atomic E-state index is 14.1. The van der Waals surface area contributed by atoms with E-state index in [-0.39, 0.29) is 35.6 Å². The van der Waals surface area contributed by atoms with Gasteiger partial charge in [0.25, 0.3) is 6.43 Å². The number of carbonyl (C=O) groups excluding carboxylic acids is 1. The van der Waals surface area contributed by atoms with E-state index in [9.17, 15) is 13.6 Å². The number of nitrogens with zero attached hydrogens (tertiary/aromatic N) is 5. The molecule has 0 bridgehead atoms. The molecule has 3 aliphatic rings. The number of morpholine rings is 1. The van der Waals surface area contributed by atoms with E-state index in [0.29, 0.717) is 68.8 Å². The van der Waals surface area contributed by atoms with Gasteiger partial charge in [-0.05, 0) is 37.8 Å². The minimum atomic E-state index is -2.79. The molecule has 6 rings (SSSR count). The summed E-state index contributed by atoms with van der Waals surface area (Å²) in [6.45, 7) is 3.46. The molecule has 10 nitrogen and oxygen atoms in total. The van der Waals surface area contributed by atoms with Crippen LogP contribution in [-0.4, -0.2) is 77.1 Å². The van der Waals surface area contributed by atoms with Gasteiger partial charge in [0.05, 0.1) is 24.2 Å². The predicted molar refractivity (Wildman–Crippen MR) is 138 cm³/mol. The number of nitrogens with one attached hydrogen (secondary N) is 1. The molecule has 3 fully saturated rings. The molecule has 0 spiro atoms. The molecule has 1 amide bonds. The number of rotatable bonds is 7. The largest absolute Gasteiger partial charge is 0.474 e. The van der Waals surface area contributed by atoms with Crippen LogP contribution in [0.25, 0.3) is 16.9 Å². The first-order chi connectivity index (χ1) is 19.0. The zero-order valence-electron chi connectivity index (χ0n) is 21.6. The minimum Gasteiger partial charge on any atom is -0.474 e. The zero-order chi connectivity index (χ0) is 26.8. The average molecular weight is 543 g/mol. The van der Waals surface area contributed by atoms with E-state index < -0.39 is 6.43 Å². The van der Waals surface area contributed by atoms with Gasteiger partial charge < -0.3 is 24.4 Å². The van der Waals surface area contributed by atoms with Crippen LogP contribution < -0.4 is 15.0 Å². The molecule has 1 aliphatic carbocycles. The lowest BCUT2D eigenvalue weighted by molar-refractivity contribution is -0.128. The third kappa shape index (κ3) is 5.67. The summed E-state index contributed by atoms with van der Waals surface area (Å²) in [5, 5.41) is 3.18. The van der Waals surface area contributed by atoms with E-state index >= 15 is 0 Å². The number of aromatic nitrogens is 4. The van der Waals surface area contributed by atoms with E-state index in [4.69, 9.17) is 14.2 Å². The van der Waals surface area contributed by atoms with Crippen LogP contribution in [0.4, 0.5) is 14.7 Å². The first-order valence-corrected chi connectivity index (χ1v) is 13.6. The average Bonchev–Trinajstić information content (AvgIpc) is 3.58. The molecule has 2 aromatic heterocycles. The Morgan fingerprint density at radius 3 is 2.56 bits per heavy atom. The number of halogens is 2. The number of carbonyl (C=O) groups is 1. The van der Waals surface area contributed by atoms with Gasteiger partial charge in [0.1, 0.15) is 11.9 Å². The first kappa shape index (κ1) is 25.9. The molecular weight excluding hydrogens is 510 g/mol. The van der Waals surface area contributed by atoms with Crippen molar-refractivity contribution < 1.29 is 27.8 Å². The molecular formula is C27H32F2N6O4. The Morgan fingerprint density at radius 1 is 1.00 bits per heavy atom. The molecule has 1 N–H and O–H groups in total. The molecule has 3 aromatic rings. The van der Waals surface area contributed by atoms with Crippen LogP contribution in [0.5, 0.6) is 5.88 Å². The highest BCUT2D eigenvalue weighted by Gasteiger charge is 2.31. The molecule has 2 saturated heterocycles. The van der Waals surface area contributed by atoms with Gasteiger partial charge in [0.15, 0.2) is 5.82 Å². The van der Waals surface area contributed by atoms with Gasteiger partial charge in [-0.25, -0.2) is 13.8 Å². The Balaban J connectivity index is 1.26. The number of imidazole rings is 1. The van der Waals surface area contributed by atoms with Crippen molar-refractivity contribution in [1.29, 1.82) is 0 Å². The highest BCUT2D eigenvalue weighted by molar-refractivity contribution is 5.79. The molecule has 4 heterocycles. The Bertz CT molecular complexity index is 1310. The molecule has 1 aromatic carbocycles. The Kier molecular flexibility index (Phi) is 7.55. The maximum Gasteiger partial charge on any atom is 0.296 e. The number of alkyl halides is 2. The lowest BCUT2D eigenvalue weighted by atomic mass is 9.99. The van der Waals surface area contributed by atoms with Gasteiger partial charge in [0, 0.05) is 50.8 Å². The summed E-state index contributed by atoms with van der Waals surface area (Å²) in [4.78, 5) is 28.2. The monoisotopic (exact) mass is 542 g/mol. The maximum atomic E-state index is 14.1. The Morgan fingerprint density at radius 2 is 1.77 bits per heavy atom. The predicted octanol–water partition coefficient (Wildman–Crippen LogP) is 3.43. The van der Waals surface area contributed by atoms with Gasteiger partial charge in [0.2, 0.25) is 17.7 Å². The van der Waals surface area contributed by atoms with E-state index in [1.54, 1.807) is 30.3 Å². The summed E-state index contributed by atoms with van der Waals surface area (Å²) in [7, 11) is 0. The van der Waals surface area contributed by atoms with Crippen LogP contribution >= 0.6 is 0 Å². The lowest BCUT2D eigenvalue weighted by Gasteiger charge is -2.27. The van der Waals surface area contributed by atoms with Crippen molar-refractivity contribution in [2.24, 2.45) is 5.92 Å². The van der Waals surface area contributed by atoms with Gasteiger partial charge in [-0.1, -0.05) is 12.1 Å². The number of fused-ring (bicyclic) bond motifs is 1. The third-order valence-corrected chi connectivity index (χ3v) is 7.59. The molecule has 0 radical (unpaired) electrons. The molecule has 208 valence electrons. The number of hydrogen-bond donors (Lipinski definition) is 1. The fraction of sp³-hybridized carbons (Fsp3) is 0.556. The van der Waals surface area contributed by atoms with E-state index in [0.717, 1.165) is 25.7 Å². The fourth-order valence-corrected chi connectivity index (χ4v) is 5.54. The van der Waals surface area contributed by atoms with Crippen molar-refractivity contribution in [1.82, 2.24) is 24.8 Å². The SMILES string of the molecule is O=C(N[C@H]1CC[C@H](Oc2cc(-n3c(C(F)F)nc4ccccc43)nc(N3CCOCC3)n2)C1)C1CCOCC1. The number of ether oxygens (including phenoxy) is 3. The number of para-hydroxylation sites is 2. The van der Waals surface area contributed by atoms with Crippen molar-refractivity contribution in [3.05, 3.63) is 36.2 Å². The summed E-state index contributed by atoms with van der Waals surface area (Å²) in [6, 6.07) is 8.61. The van der Waals surface area contributed by atoms with Crippen LogP contribution in [0, 0.1) is 5.92 Å². The number of hydrogen-bond acceptors (Lipinski definition) is 8. The van der Waals surface area contributed by atoms with E-state index in [2.05, 4.69) is 20.3 Å². The lowest BCUT2D eigenvalue weighted by Crippen LogP contribution is -2.40. The van der Waals surface area contributed by atoms with Gasteiger partial charge in [-0.15, -0.1) is 0 Å². The second kappa shape index (κ2) is 11.4. The van der Waals surface area contributed by atoms with Crippen molar-refractivity contribution in [3.8, 4) is 11.7 Å². The Hall–Kier alpha value is -3.38. The second-order valence-corrected chi connectivity index (χ2v) is 10.2. The second-order valence-electron chi connectivity index (χ2n) is 10.2. The normalized spacial score (nSPS) is 22.5. The first-order valence-electron chi connectivity index (χ1n) is 13.6. The highest BCUT2D eigenvalue weighted by Crippen LogP contribution is 2.31. The van der Waals surface area contributed by atoms with Crippen molar-refractivity contribution in [2.45, 2.75) is 50.7 Å². The number of anilines is 1. The summed E-state index contributed by atoms with van der Waals surface area (Å²) in [5.74, 6) is 0.660. The smallest absolute Gasteiger partial charge is 0.296 e. The third-order valence-electron chi connectivity index (χ3n) is 7.59. The van der Waals surface area contributed by atoms with Gasteiger partial charge >= 0.3 is 0 Å². The summed E-state index contributed by atoms with van der Waals surface area (Å²) in [5.41, 5.74) is 0.989. The molecule has 2 aliphatic heterocycles. The molecule has 0 unspecified atom stereocenters. The Labute approximate surface area is 224 Å². The molecule has 12 heteroatoms. The number of amides is 1. The summed E-state index contributed by atoms with van der Waals surface area (Å²) < 4.78 is 46.7. The van der Waals surface area contributed by atoms with Crippen molar-refractivity contribution in [2.75, 3.05) is 44.4 Å². The van der Waals surface area contributed by atoms with Gasteiger partial charge in [-0.3, -0.25) is 9.36 Å². The van der Waals surface area contributed by atoms with Crippen molar-refractivity contribution >= 4 is 22.9 Å².